The van der Waals surface area contributed by atoms with Gasteiger partial charge in [-0.25, -0.2) is 0 Å². The summed E-state index contributed by atoms with van der Waals surface area (Å²) in [5, 5.41) is 11.5. The molecule has 1 atom stereocenters. The molecule has 0 spiro atoms. The van der Waals surface area contributed by atoms with Crippen molar-refractivity contribution in [2.75, 3.05) is 7.05 Å². The largest absolute Gasteiger partial charge is 0.419 e. The van der Waals surface area contributed by atoms with E-state index < -0.39 is 0 Å². The quantitative estimate of drug-likeness (QED) is 0.915. The van der Waals surface area contributed by atoms with Gasteiger partial charge in [0, 0.05) is 5.56 Å². The lowest BCUT2D eigenvalue weighted by molar-refractivity contribution is 0.415. The van der Waals surface area contributed by atoms with Gasteiger partial charge in [0.2, 0.25) is 11.8 Å². The second kappa shape index (κ2) is 5.13. The van der Waals surface area contributed by atoms with Crippen LogP contribution in [0.25, 0.3) is 11.5 Å². The first-order chi connectivity index (χ1) is 9.31. The van der Waals surface area contributed by atoms with Crippen molar-refractivity contribution in [3.05, 3.63) is 35.2 Å². The summed E-state index contributed by atoms with van der Waals surface area (Å²) in [5.41, 5.74) is 3.92. The number of aromatic nitrogens is 2. The summed E-state index contributed by atoms with van der Waals surface area (Å²) in [7, 11) is 1.91. The molecule has 0 fully saturated rings. The zero-order chi connectivity index (χ0) is 13.2. The Morgan fingerprint density at radius 3 is 2.89 bits per heavy atom. The van der Waals surface area contributed by atoms with Crippen molar-refractivity contribution in [1.29, 1.82) is 0 Å². The molecule has 0 bridgehead atoms. The Labute approximate surface area is 113 Å². The lowest BCUT2D eigenvalue weighted by Crippen LogP contribution is -2.15. The normalized spacial score (nSPS) is 15.5. The topological polar surface area (TPSA) is 51.0 Å². The van der Waals surface area contributed by atoms with E-state index in [-0.39, 0.29) is 6.04 Å². The zero-order valence-electron chi connectivity index (χ0n) is 11.4. The summed E-state index contributed by atoms with van der Waals surface area (Å²) >= 11 is 0. The Hall–Kier alpha value is -1.68. The Balaban J connectivity index is 1.90. The molecule has 0 saturated carbocycles. The highest BCUT2D eigenvalue weighted by atomic mass is 16.4. The highest BCUT2D eigenvalue weighted by Crippen LogP contribution is 2.28. The molecule has 1 aromatic heterocycles. The predicted octanol–water partition coefficient (Wildman–Crippen LogP) is 2.90. The molecule has 3 rings (SSSR count). The van der Waals surface area contributed by atoms with E-state index in [9.17, 15) is 0 Å². The number of nitrogens with zero attached hydrogens (tertiary/aromatic N) is 2. The van der Waals surface area contributed by atoms with Gasteiger partial charge in [0.15, 0.2) is 0 Å². The summed E-state index contributed by atoms with van der Waals surface area (Å²) in [4.78, 5) is 0. The second-order valence-corrected chi connectivity index (χ2v) is 5.03. The summed E-state index contributed by atoms with van der Waals surface area (Å²) in [6, 6.07) is 6.61. The van der Waals surface area contributed by atoms with Crippen LogP contribution in [-0.2, 0) is 12.8 Å². The minimum Gasteiger partial charge on any atom is -0.419 e. The number of benzene rings is 1. The van der Waals surface area contributed by atoms with Crippen LogP contribution in [-0.4, -0.2) is 17.2 Å². The maximum atomic E-state index is 5.79. The van der Waals surface area contributed by atoms with Gasteiger partial charge in [-0.2, -0.15) is 0 Å². The van der Waals surface area contributed by atoms with Gasteiger partial charge >= 0.3 is 0 Å². The molecule has 100 valence electrons. The van der Waals surface area contributed by atoms with Crippen molar-refractivity contribution in [1.82, 2.24) is 15.5 Å². The Morgan fingerprint density at radius 2 is 2.11 bits per heavy atom. The van der Waals surface area contributed by atoms with E-state index in [1.807, 2.05) is 7.05 Å². The molecule has 1 heterocycles. The van der Waals surface area contributed by atoms with Crippen molar-refractivity contribution in [2.45, 2.75) is 38.6 Å². The van der Waals surface area contributed by atoms with Crippen LogP contribution in [0.1, 0.15) is 42.8 Å². The van der Waals surface area contributed by atoms with Gasteiger partial charge in [0.05, 0.1) is 6.04 Å². The highest BCUT2D eigenvalue weighted by Gasteiger charge is 2.17. The lowest BCUT2D eigenvalue weighted by atomic mass is 10.1. The van der Waals surface area contributed by atoms with E-state index in [0.29, 0.717) is 11.8 Å². The number of aryl methyl sites for hydroxylation is 2. The van der Waals surface area contributed by atoms with Gasteiger partial charge in [0.1, 0.15) is 0 Å². The first kappa shape index (κ1) is 12.4. The number of nitrogens with one attached hydrogen (secondary N) is 1. The third kappa shape index (κ3) is 2.28. The van der Waals surface area contributed by atoms with Crippen LogP contribution in [0.15, 0.2) is 22.6 Å². The molecule has 1 aliphatic carbocycles. The lowest BCUT2D eigenvalue weighted by Gasteiger charge is -2.07. The van der Waals surface area contributed by atoms with E-state index in [1.165, 1.54) is 24.0 Å². The third-order valence-electron chi connectivity index (χ3n) is 3.84. The fourth-order valence-electron chi connectivity index (χ4n) is 2.70. The van der Waals surface area contributed by atoms with E-state index in [2.05, 4.69) is 40.6 Å². The molecule has 4 heteroatoms. The molecule has 0 saturated heterocycles. The van der Waals surface area contributed by atoms with Crippen LogP contribution in [0.3, 0.4) is 0 Å². The molecule has 1 N–H and O–H groups in total. The van der Waals surface area contributed by atoms with Gasteiger partial charge < -0.3 is 9.73 Å². The fraction of sp³-hybridized carbons (Fsp3) is 0.467. The van der Waals surface area contributed by atoms with Gasteiger partial charge in [-0.3, -0.25) is 0 Å². The van der Waals surface area contributed by atoms with Crippen molar-refractivity contribution in [3.63, 3.8) is 0 Å². The molecule has 0 aliphatic heterocycles. The smallest absolute Gasteiger partial charge is 0.247 e. The minimum absolute atomic E-state index is 0.135. The first-order valence-corrected chi connectivity index (χ1v) is 6.94. The molecular formula is C15H19N3O. The molecule has 1 aromatic carbocycles. The summed E-state index contributed by atoms with van der Waals surface area (Å²) in [6.07, 6.45) is 4.55. The highest BCUT2D eigenvalue weighted by molar-refractivity contribution is 5.56. The molecule has 19 heavy (non-hydrogen) atoms. The van der Waals surface area contributed by atoms with Crippen molar-refractivity contribution in [2.24, 2.45) is 0 Å². The molecule has 2 aromatic rings. The average Bonchev–Trinajstić information content (AvgIpc) is 3.08. The van der Waals surface area contributed by atoms with Crippen molar-refractivity contribution >= 4 is 0 Å². The number of fused-ring (bicyclic) bond motifs is 1. The van der Waals surface area contributed by atoms with Crippen LogP contribution >= 0.6 is 0 Å². The molecule has 0 amide bonds. The van der Waals surface area contributed by atoms with Gasteiger partial charge in [-0.15, -0.1) is 10.2 Å². The number of hydrogen-bond acceptors (Lipinski definition) is 4. The first-order valence-electron chi connectivity index (χ1n) is 6.94. The SMILES string of the molecule is CCC(NC)c1nnc(-c2ccc3c(c2)CCC3)o1. The van der Waals surface area contributed by atoms with Crippen LogP contribution in [0.4, 0.5) is 0 Å². The fourth-order valence-corrected chi connectivity index (χ4v) is 2.70. The molecular weight excluding hydrogens is 238 g/mol. The van der Waals surface area contributed by atoms with Gasteiger partial charge in [-0.1, -0.05) is 13.0 Å². The number of rotatable bonds is 4. The summed E-state index contributed by atoms with van der Waals surface area (Å²) in [6.45, 7) is 2.10. The summed E-state index contributed by atoms with van der Waals surface area (Å²) in [5.74, 6) is 1.29. The molecule has 4 nitrogen and oxygen atoms in total. The monoisotopic (exact) mass is 257 g/mol. The van der Waals surface area contributed by atoms with E-state index in [1.54, 1.807) is 0 Å². The van der Waals surface area contributed by atoms with Gasteiger partial charge in [-0.05, 0) is 56.0 Å². The van der Waals surface area contributed by atoms with Crippen molar-refractivity contribution < 1.29 is 4.42 Å². The maximum absolute atomic E-state index is 5.79. The Morgan fingerprint density at radius 1 is 1.26 bits per heavy atom. The molecule has 0 radical (unpaired) electrons. The number of hydrogen-bond donors (Lipinski definition) is 1. The van der Waals surface area contributed by atoms with Crippen LogP contribution in [0.2, 0.25) is 0 Å². The average molecular weight is 257 g/mol. The third-order valence-corrected chi connectivity index (χ3v) is 3.84. The second-order valence-electron chi connectivity index (χ2n) is 5.03. The summed E-state index contributed by atoms with van der Waals surface area (Å²) < 4.78 is 5.79. The Bertz CT molecular complexity index is 573. The van der Waals surface area contributed by atoms with E-state index in [4.69, 9.17) is 4.42 Å². The maximum Gasteiger partial charge on any atom is 0.247 e. The molecule has 1 unspecified atom stereocenters. The van der Waals surface area contributed by atoms with E-state index in [0.717, 1.165) is 18.4 Å². The minimum atomic E-state index is 0.135. The van der Waals surface area contributed by atoms with Gasteiger partial charge in [0.25, 0.3) is 0 Å². The van der Waals surface area contributed by atoms with Crippen LogP contribution in [0, 0.1) is 0 Å². The predicted molar refractivity (Wildman–Crippen MR) is 73.9 cm³/mol. The van der Waals surface area contributed by atoms with Crippen LogP contribution < -0.4 is 5.32 Å². The van der Waals surface area contributed by atoms with Crippen molar-refractivity contribution in [3.8, 4) is 11.5 Å². The van der Waals surface area contributed by atoms with Crippen LogP contribution in [0.5, 0.6) is 0 Å². The standard InChI is InChI=1S/C15H19N3O/c1-3-13(16-2)15-18-17-14(19-15)12-8-7-10-5-4-6-11(10)9-12/h7-9,13,16H,3-6H2,1-2H3. The Kier molecular flexibility index (Phi) is 3.34. The zero-order valence-corrected chi connectivity index (χ0v) is 11.4. The molecule has 1 aliphatic rings. The van der Waals surface area contributed by atoms with E-state index >= 15 is 0 Å².